The van der Waals surface area contributed by atoms with E-state index in [2.05, 4.69) is 17.6 Å². The molecule has 0 saturated heterocycles. The summed E-state index contributed by atoms with van der Waals surface area (Å²) in [6, 6.07) is 4.04. The first-order valence-electron chi connectivity index (χ1n) is 11.9. The van der Waals surface area contributed by atoms with Gasteiger partial charge in [-0.25, -0.2) is 4.79 Å². The highest BCUT2D eigenvalue weighted by molar-refractivity contribution is 5.90. The molecule has 1 aliphatic rings. The van der Waals surface area contributed by atoms with E-state index in [1.807, 2.05) is 0 Å². The van der Waals surface area contributed by atoms with Crippen LogP contribution in [0.1, 0.15) is 83.4 Å². The molecule has 1 unspecified atom stereocenters. The number of hydrogen-bond acceptors (Lipinski definition) is 5. The third-order valence-corrected chi connectivity index (χ3v) is 5.68. The number of hydrogen-bond donors (Lipinski definition) is 3. The Balaban J connectivity index is 2.27. The normalized spacial score (nSPS) is 14.7. The number of ether oxygens (including phenoxy) is 1. The van der Waals surface area contributed by atoms with Crippen molar-refractivity contribution in [2.45, 2.75) is 90.8 Å². The van der Waals surface area contributed by atoms with Crippen molar-refractivity contribution in [3.8, 4) is 5.75 Å². The number of phenolic OH excluding ortho intramolecular Hbond substituents is 1. The highest BCUT2D eigenvalue weighted by atomic mass is 16.6. The Labute approximate surface area is 197 Å². The zero-order chi connectivity index (χ0) is 24.6. The van der Waals surface area contributed by atoms with Crippen LogP contribution in [0.25, 0.3) is 0 Å². The lowest BCUT2D eigenvalue weighted by Gasteiger charge is -2.42. The minimum Gasteiger partial charge on any atom is -0.508 e. The third-order valence-electron chi connectivity index (χ3n) is 5.68. The number of nitrogens with one attached hydrogen (secondary N) is 2. The summed E-state index contributed by atoms with van der Waals surface area (Å²) in [6.45, 7) is 9.38. The maximum Gasteiger partial charge on any atom is 0.408 e. The molecule has 184 valence electrons. The Bertz CT molecular complexity index is 830. The lowest BCUT2D eigenvalue weighted by molar-refractivity contribution is -0.145. The quantitative estimate of drug-likeness (QED) is 0.457. The number of carbonyl (C=O) groups excluding carboxylic acids is 3. The number of alkyl carbamates (subject to hydrolysis) is 1. The molecular weight excluding hydrogens is 422 g/mol. The van der Waals surface area contributed by atoms with E-state index in [-0.39, 0.29) is 30.2 Å². The van der Waals surface area contributed by atoms with Gasteiger partial charge in [-0.05, 0) is 76.6 Å². The summed E-state index contributed by atoms with van der Waals surface area (Å²) < 4.78 is 5.24. The van der Waals surface area contributed by atoms with Gasteiger partial charge in [0.1, 0.15) is 23.9 Å². The van der Waals surface area contributed by atoms with Crippen molar-refractivity contribution in [3.63, 3.8) is 0 Å². The van der Waals surface area contributed by atoms with Gasteiger partial charge in [-0.3, -0.25) is 9.59 Å². The van der Waals surface area contributed by atoms with Crippen molar-refractivity contribution in [1.82, 2.24) is 15.5 Å². The fourth-order valence-corrected chi connectivity index (χ4v) is 3.75. The van der Waals surface area contributed by atoms with Crippen LogP contribution in [0.15, 0.2) is 18.2 Å². The molecule has 1 aliphatic carbocycles. The largest absolute Gasteiger partial charge is 0.508 e. The summed E-state index contributed by atoms with van der Waals surface area (Å²) in [5, 5.41) is 15.5. The second-order valence-electron chi connectivity index (χ2n) is 9.69. The van der Waals surface area contributed by atoms with Gasteiger partial charge in [0.15, 0.2) is 0 Å². The van der Waals surface area contributed by atoms with Crippen LogP contribution in [-0.2, 0) is 14.3 Å². The van der Waals surface area contributed by atoms with Crippen molar-refractivity contribution >= 4 is 17.9 Å². The fourth-order valence-electron chi connectivity index (χ4n) is 3.75. The van der Waals surface area contributed by atoms with Crippen LogP contribution in [0.3, 0.4) is 0 Å². The maximum absolute atomic E-state index is 13.3. The zero-order valence-electron chi connectivity index (χ0n) is 20.6. The predicted octanol–water partition coefficient (Wildman–Crippen LogP) is 3.95. The van der Waals surface area contributed by atoms with Gasteiger partial charge < -0.3 is 25.4 Å². The highest BCUT2D eigenvalue weighted by Crippen LogP contribution is 2.34. The molecule has 3 amide bonds. The molecule has 1 aromatic carbocycles. The van der Waals surface area contributed by atoms with Crippen LogP contribution < -0.4 is 10.6 Å². The van der Waals surface area contributed by atoms with Gasteiger partial charge >= 0.3 is 6.09 Å². The number of phenols is 1. The summed E-state index contributed by atoms with van der Waals surface area (Å²) in [6.07, 6.45) is 4.82. The second-order valence-corrected chi connectivity index (χ2v) is 9.69. The molecule has 0 spiro atoms. The molecule has 0 heterocycles. The second kappa shape index (κ2) is 11.9. The summed E-state index contributed by atoms with van der Waals surface area (Å²) in [5.74, 6) is -0.465. The molecule has 33 heavy (non-hydrogen) atoms. The number of aromatic hydroxyl groups is 1. The first-order valence-corrected chi connectivity index (χ1v) is 11.9. The number of nitrogens with zero attached hydrogens (tertiary/aromatic N) is 1. The standard InChI is InChI=1S/C25H39N3O5/c1-6-7-8-14-26-23(31)22(18-12-13-20(29)17(2)15-18)28(19-10-9-11-19)21(30)16-27-24(32)33-25(3,4)5/h12-13,15,19,22,29H,6-11,14,16H2,1-5H3,(H,26,31)(H,27,32). The first kappa shape index (κ1) is 26.5. The monoisotopic (exact) mass is 461 g/mol. The van der Waals surface area contributed by atoms with E-state index in [1.165, 1.54) is 0 Å². The smallest absolute Gasteiger partial charge is 0.408 e. The maximum atomic E-state index is 13.3. The van der Waals surface area contributed by atoms with Crippen molar-refractivity contribution in [3.05, 3.63) is 29.3 Å². The van der Waals surface area contributed by atoms with E-state index in [9.17, 15) is 19.5 Å². The Morgan fingerprint density at radius 3 is 2.42 bits per heavy atom. The molecule has 1 saturated carbocycles. The topological polar surface area (TPSA) is 108 Å². The van der Waals surface area contributed by atoms with Crippen molar-refractivity contribution in [1.29, 1.82) is 0 Å². The summed E-state index contributed by atoms with van der Waals surface area (Å²) in [4.78, 5) is 40.3. The predicted molar refractivity (Wildman–Crippen MR) is 127 cm³/mol. The van der Waals surface area contributed by atoms with Crippen LogP contribution in [0.2, 0.25) is 0 Å². The molecule has 1 fully saturated rings. The van der Waals surface area contributed by atoms with Crippen LogP contribution in [0.4, 0.5) is 4.79 Å². The van der Waals surface area contributed by atoms with E-state index in [0.717, 1.165) is 38.5 Å². The minimum atomic E-state index is -0.843. The van der Waals surface area contributed by atoms with Gasteiger partial charge in [-0.1, -0.05) is 25.8 Å². The van der Waals surface area contributed by atoms with Gasteiger partial charge in [0.25, 0.3) is 0 Å². The Morgan fingerprint density at radius 1 is 1.18 bits per heavy atom. The summed E-state index contributed by atoms with van der Waals surface area (Å²) >= 11 is 0. The number of benzene rings is 1. The van der Waals surface area contributed by atoms with Gasteiger partial charge in [0.2, 0.25) is 11.8 Å². The van der Waals surface area contributed by atoms with Crippen LogP contribution in [0.5, 0.6) is 5.75 Å². The number of rotatable bonds is 10. The summed E-state index contributed by atoms with van der Waals surface area (Å²) in [5.41, 5.74) is 0.589. The van der Waals surface area contributed by atoms with Crippen molar-refractivity contribution < 1.29 is 24.2 Å². The van der Waals surface area contributed by atoms with E-state index >= 15 is 0 Å². The van der Waals surface area contributed by atoms with Crippen molar-refractivity contribution in [2.24, 2.45) is 0 Å². The number of amides is 3. The van der Waals surface area contributed by atoms with E-state index < -0.39 is 17.7 Å². The van der Waals surface area contributed by atoms with Crippen LogP contribution >= 0.6 is 0 Å². The van der Waals surface area contributed by atoms with Crippen LogP contribution in [0, 0.1) is 6.92 Å². The molecule has 1 aromatic rings. The molecular formula is C25H39N3O5. The van der Waals surface area contributed by atoms with Gasteiger partial charge in [0, 0.05) is 12.6 Å². The Hall–Kier alpha value is -2.77. The molecule has 2 rings (SSSR count). The summed E-state index contributed by atoms with van der Waals surface area (Å²) in [7, 11) is 0. The van der Waals surface area contributed by atoms with E-state index in [0.29, 0.717) is 17.7 Å². The zero-order valence-corrected chi connectivity index (χ0v) is 20.6. The molecule has 0 aromatic heterocycles. The lowest BCUT2D eigenvalue weighted by atomic mass is 9.88. The van der Waals surface area contributed by atoms with Gasteiger partial charge in [-0.2, -0.15) is 0 Å². The van der Waals surface area contributed by atoms with E-state index in [1.54, 1.807) is 50.8 Å². The molecule has 0 bridgehead atoms. The van der Waals surface area contributed by atoms with Crippen LogP contribution in [-0.4, -0.2) is 52.6 Å². The lowest BCUT2D eigenvalue weighted by Crippen LogP contribution is -2.54. The molecule has 3 N–H and O–H groups in total. The molecule has 0 aliphatic heterocycles. The fraction of sp³-hybridized carbons (Fsp3) is 0.640. The average Bonchev–Trinajstić information content (AvgIpc) is 2.69. The molecule has 0 radical (unpaired) electrons. The Kier molecular flexibility index (Phi) is 9.56. The SMILES string of the molecule is CCCCCNC(=O)C(c1ccc(O)c(C)c1)N(C(=O)CNC(=O)OC(C)(C)C)C1CCC1. The number of carbonyl (C=O) groups is 3. The highest BCUT2D eigenvalue weighted by Gasteiger charge is 2.39. The molecule has 8 heteroatoms. The first-order chi connectivity index (χ1) is 15.5. The number of unbranched alkanes of at least 4 members (excludes halogenated alkanes) is 2. The Morgan fingerprint density at radius 2 is 1.88 bits per heavy atom. The van der Waals surface area contributed by atoms with Crippen molar-refractivity contribution in [2.75, 3.05) is 13.1 Å². The van der Waals surface area contributed by atoms with E-state index in [4.69, 9.17) is 4.74 Å². The van der Waals surface area contributed by atoms with Gasteiger partial charge in [0.05, 0.1) is 0 Å². The van der Waals surface area contributed by atoms with Gasteiger partial charge in [-0.15, -0.1) is 0 Å². The molecule has 8 nitrogen and oxygen atoms in total. The number of aryl methyl sites for hydroxylation is 1. The molecule has 1 atom stereocenters. The average molecular weight is 462 g/mol. The minimum absolute atomic E-state index is 0.0848. The third kappa shape index (κ3) is 7.94.